The minimum Gasteiger partial charge on any atom is -0.492 e. The van der Waals surface area contributed by atoms with Crippen molar-refractivity contribution in [3.05, 3.63) is 29.8 Å². The van der Waals surface area contributed by atoms with E-state index in [9.17, 15) is 0 Å². The minimum absolute atomic E-state index is 0.0872. The molecule has 2 N–H and O–H groups in total. The number of benzene rings is 1. The number of hydrogen-bond acceptors (Lipinski definition) is 4. The first-order valence-corrected chi connectivity index (χ1v) is 7.46. The zero-order chi connectivity index (χ0) is 15.3. The van der Waals surface area contributed by atoms with Crippen LogP contribution in [0.4, 0.5) is 0 Å². The van der Waals surface area contributed by atoms with Gasteiger partial charge in [-0.2, -0.15) is 0 Å². The third-order valence-corrected chi connectivity index (χ3v) is 3.06. The molecule has 0 saturated heterocycles. The summed E-state index contributed by atoms with van der Waals surface area (Å²) in [5.41, 5.74) is 0.897. The lowest BCUT2D eigenvalue weighted by atomic mass is 10.2. The van der Waals surface area contributed by atoms with Crippen LogP contribution < -0.4 is 4.74 Å². The Morgan fingerprint density at radius 1 is 1.19 bits per heavy atom. The van der Waals surface area contributed by atoms with E-state index in [0.29, 0.717) is 13.0 Å². The number of nitrogens with zero attached hydrogens (tertiary/aromatic N) is 1. The SMILES string of the molecule is CCN(CCCO)CCOc1cccc(C#CCCO)c1. The zero-order valence-electron chi connectivity index (χ0n) is 12.7. The Morgan fingerprint density at radius 2 is 2.05 bits per heavy atom. The molecule has 4 heteroatoms. The molecule has 0 aliphatic rings. The number of aliphatic hydroxyl groups is 2. The minimum atomic E-state index is 0.0872. The molecule has 1 aromatic carbocycles. The van der Waals surface area contributed by atoms with Gasteiger partial charge in [0.05, 0.1) is 6.61 Å². The largest absolute Gasteiger partial charge is 0.492 e. The molecule has 1 rings (SSSR count). The van der Waals surface area contributed by atoms with Crippen LogP contribution in [0.15, 0.2) is 24.3 Å². The van der Waals surface area contributed by atoms with Gasteiger partial charge in [0.25, 0.3) is 0 Å². The molecule has 116 valence electrons. The first kappa shape index (κ1) is 17.5. The van der Waals surface area contributed by atoms with Gasteiger partial charge in [-0.25, -0.2) is 0 Å². The molecule has 0 unspecified atom stereocenters. The van der Waals surface area contributed by atoms with Crippen molar-refractivity contribution < 1.29 is 14.9 Å². The van der Waals surface area contributed by atoms with E-state index in [0.717, 1.165) is 37.4 Å². The lowest BCUT2D eigenvalue weighted by molar-refractivity contribution is 0.195. The van der Waals surface area contributed by atoms with Crippen LogP contribution >= 0.6 is 0 Å². The summed E-state index contributed by atoms with van der Waals surface area (Å²) in [5, 5.41) is 17.6. The molecule has 0 aromatic heterocycles. The molecule has 0 heterocycles. The maximum Gasteiger partial charge on any atom is 0.120 e. The molecule has 0 saturated carbocycles. The summed E-state index contributed by atoms with van der Waals surface area (Å²) in [6.07, 6.45) is 1.28. The van der Waals surface area contributed by atoms with E-state index in [1.807, 2.05) is 24.3 Å². The molecule has 0 aliphatic heterocycles. The Labute approximate surface area is 127 Å². The van der Waals surface area contributed by atoms with Crippen molar-refractivity contribution in [2.75, 3.05) is 39.5 Å². The summed E-state index contributed by atoms with van der Waals surface area (Å²) in [7, 11) is 0. The van der Waals surface area contributed by atoms with Crippen LogP contribution in [0.1, 0.15) is 25.3 Å². The van der Waals surface area contributed by atoms with Crippen LogP contribution in [-0.4, -0.2) is 54.6 Å². The monoisotopic (exact) mass is 291 g/mol. The second-order valence-corrected chi connectivity index (χ2v) is 4.66. The Hall–Kier alpha value is -1.54. The molecule has 0 bridgehead atoms. The smallest absolute Gasteiger partial charge is 0.120 e. The number of rotatable bonds is 9. The molecular formula is C17H25NO3. The van der Waals surface area contributed by atoms with Crippen molar-refractivity contribution in [2.45, 2.75) is 19.8 Å². The van der Waals surface area contributed by atoms with E-state index in [4.69, 9.17) is 14.9 Å². The van der Waals surface area contributed by atoms with Crippen molar-refractivity contribution in [2.24, 2.45) is 0 Å². The maximum atomic E-state index is 8.85. The highest BCUT2D eigenvalue weighted by molar-refractivity contribution is 5.39. The van der Waals surface area contributed by atoms with Crippen LogP contribution in [0.3, 0.4) is 0 Å². The fourth-order valence-electron chi connectivity index (χ4n) is 1.90. The summed E-state index contributed by atoms with van der Waals surface area (Å²) in [4.78, 5) is 2.25. The van der Waals surface area contributed by atoms with Gasteiger partial charge >= 0.3 is 0 Å². The van der Waals surface area contributed by atoms with E-state index < -0.39 is 0 Å². The van der Waals surface area contributed by atoms with E-state index >= 15 is 0 Å². The third kappa shape index (κ3) is 7.72. The predicted molar refractivity (Wildman–Crippen MR) is 84.3 cm³/mol. The lowest BCUT2D eigenvalue weighted by Crippen LogP contribution is -2.29. The number of aliphatic hydroxyl groups excluding tert-OH is 2. The Balaban J connectivity index is 2.41. The second kappa shape index (κ2) is 11.2. The van der Waals surface area contributed by atoms with Gasteiger partial charge in [-0.15, -0.1) is 0 Å². The van der Waals surface area contributed by atoms with E-state index in [1.165, 1.54) is 0 Å². The summed E-state index contributed by atoms with van der Waals surface area (Å²) in [6.45, 7) is 5.73. The van der Waals surface area contributed by atoms with Crippen LogP contribution in [-0.2, 0) is 0 Å². The van der Waals surface area contributed by atoms with Gasteiger partial charge in [-0.05, 0) is 31.2 Å². The van der Waals surface area contributed by atoms with Crippen LogP contribution in [0.2, 0.25) is 0 Å². The van der Waals surface area contributed by atoms with E-state index in [1.54, 1.807) is 0 Å². The maximum absolute atomic E-state index is 8.85. The quantitative estimate of drug-likeness (QED) is 0.677. The fraction of sp³-hybridized carbons (Fsp3) is 0.529. The topological polar surface area (TPSA) is 52.9 Å². The van der Waals surface area contributed by atoms with Gasteiger partial charge in [-0.1, -0.05) is 24.8 Å². The van der Waals surface area contributed by atoms with Gasteiger partial charge in [0, 0.05) is 31.7 Å². The number of hydrogen-bond donors (Lipinski definition) is 2. The highest BCUT2D eigenvalue weighted by Gasteiger charge is 2.02. The third-order valence-electron chi connectivity index (χ3n) is 3.06. The van der Waals surface area contributed by atoms with Gasteiger partial charge in [0.1, 0.15) is 12.4 Å². The molecule has 1 aromatic rings. The molecular weight excluding hydrogens is 266 g/mol. The average molecular weight is 291 g/mol. The number of likely N-dealkylation sites (N-methyl/N-ethyl adjacent to an activating group) is 1. The van der Waals surface area contributed by atoms with Crippen molar-refractivity contribution in [1.82, 2.24) is 4.90 Å². The normalized spacial score (nSPS) is 10.3. The van der Waals surface area contributed by atoms with Crippen molar-refractivity contribution >= 4 is 0 Å². The first-order chi connectivity index (χ1) is 10.3. The van der Waals surface area contributed by atoms with Gasteiger partial charge in [0.2, 0.25) is 0 Å². The highest BCUT2D eigenvalue weighted by atomic mass is 16.5. The first-order valence-electron chi connectivity index (χ1n) is 7.46. The average Bonchev–Trinajstić information content (AvgIpc) is 2.51. The molecule has 0 aliphatic carbocycles. The molecule has 0 fully saturated rings. The predicted octanol–water partition coefficient (Wildman–Crippen LogP) is 1.50. The molecule has 21 heavy (non-hydrogen) atoms. The van der Waals surface area contributed by atoms with Crippen LogP contribution in [0.5, 0.6) is 5.75 Å². The molecule has 0 spiro atoms. The molecule has 0 amide bonds. The Kier molecular flexibility index (Phi) is 9.30. The van der Waals surface area contributed by atoms with Crippen LogP contribution in [0.25, 0.3) is 0 Å². The van der Waals surface area contributed by atoms with Crippen LogP contribution in [0, 0.1) is 11.8 Å². The van der Waals surface area contributed by atoms with E-state index in [-0.39, 0.29) is 13.2 Å². The van der Waals surface area contributed by atoms with Crippen molar-refractivity contribution in [3.8, 4) is 17.6 Å². The van der Waals surface area contributed by atoms with Gasteiger partial charge in [-0.3, -0.25) is 0 Å². The molecule has 4 nitrogen and oxygen atoms in total. The zero-order valence-corrected chi connectivity index (χ0v) is 12.7. The second-order valence-electron chi connectivity index (χ2n) is 4.66. The van der Waals surface area contributed by atoms with Crippen molar-refractivity contribution in [1.29, 1.82) is 0 Å². The van der Waals surface area contributed by atoms with Crippen molar-refractivity contribution in [3.63, 3.8) is 0 Å². The summed E-state index contributed by atoms with van der Waals surface area (Å²) in [5.74, 6) is 6.70. The Morgan fingerprint density at radius 3 is 2.76 bits per heavy atom. The van der Waals surface area contributed by atoms with E-state index in [2.05, 4.69) is 23.7 Å². The Bertz CT molecular complexity index is 451. The lowest BCUT2D eigenvalue weighted by Gasteiger charge is -2.19. The summed E-state index contributed by atoms with van der Waals surface area (Å²) >= 11 is 0. The number of ether oxygens (including phenoxy) is 1. The van der Waals surface area contributed by atoms with Gasteiger partial charge < -0.3 is 19.8 Å². The highest BCUT2D eigenvalue weighted by Crippen LogP contribution is 2.12. The van der Waals surface area contributed by atoms with Gasteiger partial charge in [0.15, 0.2) is 0 Å². The molecule has 0 atom stereocenters. The summed E-state index contributed by atoms with van der Waals surface area (Å²) in [6, 6.07) is 7.67. The fourth-order valence-corrected chi connectivity index (χ4v) is 1.90. The molecule has 0 radical (unpaired) electrons. The standard InChI is InChI=1S/C17H25NO3/c1-2-18(10-6-13-20)11-14-21-17-9-5-8-16(15-17)7-3-4-12-19/h5,8-9,15,19-20H,2,4,6,10-14H2,1H3. The summed E-state index contributed by atoms with van der Waals surface area (Å²) < 4.78 is 5.74.